The number of nitrogens with zero attached hydrogens (tertiary/aromatic N) is 1. The van der Waals surface area contributed by atoms with Crippen LogP contribution in [0.25, 0.3) is 6.08 Å². The summed E-state index contributed by atoms with van der Waals surface area (Å²) in [6.07, 6.45) is 1.58. The fourth-order valence-electron chi connectivity index (χ4n) is 3.49. The molecule has 0 unspecified atom stereocenters. The van der Waals surface area contributed by atoms with Crippen LogP contribution in [0.3, 0.4) is 0 Å². The maximum absolute atomic E-state index is 12.9. The quantitative estimate of drug-likeness (QED) is 0.537. The number of amides is 3. The van der Waals surface area contributed by atoms with Crippen LogP contribution in [0, 0.1) is 0 Å². The van der Waals surface area contributed by atoms with Gasteiger partial charge in [-0.2, -0.15) is 0 Å². The third-order valence-electron chi connectivity index (χ3n) is 4.93. The van der Waals surface area contributed by atoms with Crippen LogP contribution in [-0.2, 0) is 9.59 Å². The Balaban J connectivity index is 1.44. The van der Waals surface area contributed by atoms with Crippen LogP contribution in [0.4, 0.5) is 10.5 Å². The average molecular weight is 499 g/mol. The summed E-state index contributed by atoms with van der Waals surface area (Å²) < 4.78 is 22.4. The van der Waals surface area contributed by atoms with Gasteiger partial charge in [-0.15, -0.1) is 0 Å². The Morgan fingerprint density at radius 1 is 1.11 bits per heavy atom. The van der Waals surface area contributed by atoms with Crippen LogP contribution in [0.5, 0.6) is 23.0 Å². The predicted octanol–water partition coefficient (Wildman–Crippen LogP) is 4.32. The van der Waals surface area contributed by atoms with Gasteiger partial charge in [-0.05, 0) is 68.4 Å². The summed E-state index contributed by atoms with van der Waals surface area (Å²) in [5.41, 5.74) is 1.16. The van der Waals surface area contributed by atoms with Crippen molar-refractivity contribution in [2.45, 2.75) is 26.9 Å². The highest BCUT2D eigenvalue weighted by molar-refractivity contribution is 8.18. The minimum absolute atomic E-state index is 0.0233. The van der Waals surface area contributed by atoms with E-state index in [9.17, 15) is 14.4 Å². The largest absolute Gasteiger partial charge is 0.490 e. The minimum atomic E-state index is -0.530. The van der Waals surface area contributed by atoms with Gasteiger partial charge in [-0.1, -0.05) is 6.07 Å². The van der Waals surface area contributed by atoms with Gasteiger partial charge in [0.05, 0.1) is 17.6 Å². The first-order chi connectivity index (χ1) is 16.8. The molecule has 0 spiro atoms. The summed E-state index contributed by atoms with van der Waals surface area (Å²) in [4.78, 5) is 39.0. The average Bonchev–Trinajstić information content (AvgIpc) is 3.07. The summed E-state index contributed by atoms with van der Waals surface area (Å²) in [6.45, 7) is 6.65. The molecule has 2 aliphatic rings. The maximum Gasteiger partial charge on any atom is 0.294 e. The van der Waals surface area contributed by atoms with Crippen molar-refractivity contribution in [3.63, 3.8) is 0 Å². The maximum atomic E-state index is 12.9. The fraction of sp³-hybridized carbons (Fsp3) is 0.320. The lowest BCUT2D eigenvalue weighted by Gasteiger charge is -2.19. The van der Waals surface area contributed by atoms with Gasteiger partial charge in [-0.3, -0.25) is 19.3 Å². The van der Waals surface area contributed by atoms with Gasteiger partial charge in [0.25, 0.3) is 11.1 Å². The molecule has 2 heterocycles. The number of imide groups is 1. The molecule has 2 aliphatic heterocycles. The first kappa shape index (κ1) is 24.5. The molecule has 0 aliphatic carbocycles. The van der Waals surface area contributed by atoms with Crippen LogP contribution >= 0.6 is 11.8 Å². The number of nitrogens with one attached hydrogen (secondary N) is 1. The molecule has 1 fully saturated rings. The summed E-state index contributed by atoms with van der Waals surface area (Å²) in [5, 5.41) is 2.18. The van der Waals surface area contributed by atoms with E-state index in [2.05, 4.69) is 5.32 Å². The highest BCUT2D eigenvalue weighted by atomic mass is 32.2. The van der Waals surface area contributed by atoms with Crippen molar-refractivity contribution in [1.29, 1.82) is 0 Å². The number of hydrogen-bond acceptors (Lipinski definition) is 8. The van der Waals surface area contributed by atoms with Gasteiger partial charge in [0.2, 0.25) is 5.91 Å². The summed E-state index contributed by atoms with van der Waals surface area (Å²) in [6, 6.07) is 10.3. The van der Waals surface area contributed by atoms with E-state index in [4.69, 9.17) is 18.9 Å². The van der Waals surface area contributed by atoms with Gasteiger partial charge < -0.3 is 24.3 Å². The molecule has 2 aromatic rings. The van der Waals surface area contributed by atoms with Gasteiger partial charge in [0, 0.05) is 11.8 Å². The van der Waals surface area contributed by atoms with Crippen molar-refractivity contribution >= 4 is 40.6 Å². The molecule has 0 aromatic heterocycles. The van der Waals surface area contributed by atoms with E-state index < -0.39 is 23.6 Å². The predicted molar refractivity (Wildman–Crippen MR) is 132 cm³/mol. The van der Waals surface area contributed by atoms with Crippen molar-refractivity contribution in [2.75, 3.05) is 31.7 Å². The minimum Gasteiger partial charge on any atom is -0.490 e. The number of carbonyl (C=O) groups excluding carboxylic acids is 3. The normalized spacial score (nSPS) is 16.1. The van der Waals surface area contributed by atoms with Crippen molar-refractivity contribution in [3.8, 4) is 23.0 Å². The summed E-state index contributed by atoms with van der Waals surface area (Å²) in [7, 11) is 0. The molecule has 0 saturated carbocycles. The first-order valence-corrected chi connectivity index (χ1v) is 12.0. The molecule has 1 N–H and O–H groups in total. The molecule has 3 amide bonds. The molecule has 184 valence electrons. The Hall–Kier alpha value is -3.66. The van der Waals surface area contributed by atoms with Crippen LogP contribution in [0.15, 0.2) is 41.3 Å². The number of thioether (sulfide) groups is 1. The SMILES string of the molecule is CCOc1cc(/C=C2/SC(=O)N(CC(=O)Nc3ccc4c(c3)OCCO4)C2=O)ccc1OC(C)C. The zero-order chi connectivity index (χ0) is 24.9. The smallest absolute Gasteiger partial charge is 0.294 e. The number of benzene rings is 2. The number of hydrogen-bond donors (Lipinski definition) is 1. The topological polar surface area (TPSA) is 103 Å². The zero-order valence-corrected chi connectivity index (χ0v) is 20.5. The lowest BCUT2D eigenvalue weighted by atomic mass is 10.1. The van der Waals surface area contributed by atoms with Crippen molar-refractivity contribution in [1.82, 2.24) is 4.90 Å². The lowest BCUT2D eigenvalue weighted by molar-refractivity contribution is -0.127. The highest BCUT2D eigenvalue weighted by Gasteiger charge is 2.36. The molecule has 2 aromatic carbocycles. The Bertz CT molecular complexity index is 1180. The van der Waals surface area contributed by atoms with Crippen LogP contribution < -0.4 is 24.3 Å². The van der Waals surface area contributed by atoms with E-state index in [1.54, 1.807) is 42.5 Å². The molecule has 4 rings (SSSR count). The Labute approximate surface area is 207 Å². The van der Waals surface area contributed by atoms with E-state index in [0.717, 1.165) is 16.7 Å². The molecular formula is C25H26N2O7S. The van der Waals surface area contributed by atoms with E-state index >= 15 is 0 Å². The molecule has 1 saturated heterocycles. The number of rotatable bonds is 8. The fourth-order valence-corrected chi connectivity index (χ4v) is 4.33. The van der Waals surface area contributed by atoms with Gasteiger partial charge in [0.1, 0.15) is 19.8 Å². The molecule has 0 bridgehead atoms. The van der Waals surface area contributed by atoms with Gasteiger partial charge >= 0.3 is 0 Å². The third-order valence-corrected chi connectivity index (χ3v) is 5.84. The molecule has 9 nitrogen and oxygen atoms in total. The zero-order valence-electron chi connectivity index (χ0n) is 19.7. The van der Waals surface area contributed by atoms with Gasteiger partial charge in [-0.25, -0.2) is 0 Å². The van der Waals surface area contributed by atoms with E-state index in [1.807, 2.05) is 20.8 Å². The second kappa shape index (κ2) is 10.7. The van der Waals surface area contributed by atoms with Crippen molar-refractivity contribution in [3.05, 3.63) is 46.9 Å². The first-order valence-electron chi connectivity index (χ1n) is 11.2. The Kier molecular flexibility index (Phi) is 7.50. The van der Waals surface area contributed by atoms with Crippen LogP contribution in [-0.4, -0.2) is 54.4 Å². The Morgan fingerprint density at radius 3 is 2.63 bits per heavy atom. The Morgan fingerprint density at radius 2 is 1.89 bits per heavy atom. The second-order valence-electron chi connectivity index (χ2n) is 7.98. The van der Waals surface area contributed by atoms with E-state index in [-0.39, 0.29) is 11.0 Å². The van der Waals surface area contributed by atoms with E-state index in [0.29, 0.717) is 54.1 Å². The monoisotopic (exact) mass is 498 g/mol. The molecule has 0 radical (unpaired) electrons. The number of anilines is 1. The van der Waals surface area contributed by atoms with Crippen LogP contribution in [0.2, 0.25) is 0 Å². The van der Waals surface area contributed by atoms with Gasteiger partial charge in [0.15, 0.2) is 23.0 Å². The standard InChI is InChI=1S/C25H26N2O7S/c1-4-31-20-11-16(5-7-19(20)34-15(2)3)12-22-24(29)27(25(30)35-22)14-23(28)26-17-6-8-18-21(13-17)33-10-9-32-18/h5-8,11-13,15H,4,9-10,14H2,1-3H3,(H,26,28)/b22-12+. The number of carbonyl (C=O) groups is 3. The van der Waals surface area contributed by atoms with Crippen LogP contribution in [0.1, 0.15) is 26.3 Å². The number of fused-ring (bicyclic) bond motifs is 1. The van der Waals surface area contributed by atoms with E-state index in [1.165, 1.54) is 0 Å². The van der Waals surface area contributed by atoms with Crippen molar-refractivity contribution in [2.24, 2.45) is 0 Å². The third kappa shape index (κ3) is 5.89. The molecule has 35 heavy (non-hydrogen) atoms. The lowest BCUT2D eigenvalue weighted by Crippen LogP contribution is -2.36. The van der Waals surface area contributed by atoms with Crippen molar-refractivity contribution < 1.29 is 33.3 Å². The number of ether oxygens (including phenoxy) is 4. The highest BCUT2D eigenvalue weighted by Crippen LogP contribution is 2.35. The molecule has 10 heteroatoms. The molecule has 0 atom stereocenters. The summed E-state index contributed by atoms with van der Waals surface area (Å²) in [5.74, 6) is 1.24. The summed E-state index contributed by atoms with van der Waals surface area (Å²) >= 11 is 0.788. The second-order valence-corrected chi connectivity index (χ2v) is 8.97. The molecular weight excluding hydrogens is 472 g/mol.